The quantitative estimate of drug-likeness (QED) is 0.622. The number of hydrogen-bond acceptors (Lipinski definition) is 4. The van der Waals surface area contributed by atoms with Gasteiger partial charge in [0.25, 0.3) is 5.91 Å². The van der Waals surface area contributed by atoms with Gasteiger partial charge in [-0.15, -0.1) is 0 Å². The first-order valence-corrected chi connectivity index (χ1v) is 7.37. The molecule has 0 saturated carbocycles. The van der Waals surface area contributed by atoms with Crippen molar-refractivity contribution in [2.75, 3.05) is 18.1 Å². The highest BCUT2D eigenvalue weighted by Gasteiger charge is 2.30. The maximum absolute atomic E-state index is 12.4. The highest BCUT2D eigenvalue weighted by Crippen LogP contribution is 2.30. The van der Waals surface area contributed by atoms with Crippen molar-refractivity contribution in [1.29, 1.82) is 0 Å². The van der Waals surface area contributed by atoms with Crippen LogP contribution in [0.1, 0.15) is 17.3 Å². The first-order chi connectivity index (χ1) is 9.02. The van der Waals surface area contributed by atoms with Crippen molar-refractivity contribution in [3.05, 3.63) is 38.9 Å². The van der Waals surface area contributed by atoms with Crippen molar-refractivity contribution in [3.63, 3.8) is 0 Å². The Morgan fingerprint density at radius 3 is 2.95 bits per heavy atom. The molecule has 1 aliphatic rings. The molecule has 0 aliphatic carbocycles. The van der Waals surface area contributed by atoms with Crippen molar-refractivity contribution in [3.8, 4) is 0 Å². The summed E-state index contributed by atoms with van der Waals surface area (Å²) in [7, 11) is 0. The number of nitrogens with zero attached hydrogens (tertiary/aromatic N) is 2. The van der Waals surface area contributed by atoms with Gasteiger partial charge in [-0.3, -0.25) is 14.9 Å². The van der Waals surface area contributed by atoms with Gasteiger partial charge in [-0.25, -0.2) is 0 Å². The summed E-state index contributed by atoms with van der Waals surface area (Å²) < 4.78 is 0. The zero-order valence-electron chi connectivity index (χ0n) is 10.3. The van der Waals surface area contributed by atoms with Gasteiger partial charge in [-0.05, 0) is 19.1 Å². The molecule has 0 radical (unpaired) electrons. The number of benzene rings is 1. The van der Waals surface area contributed by atoms with Crippen LogP contribution < -0.4 is 0 Å². The number of nitro benzene ring substituents is 1. The highest BCUT2D eigenvalue weighted by atomic mass is 35.5. The molecule has 1 heterocycles. The molecule has 0 bridgehead atoms. The summed E-state index contributed by atoms with van der Waals surface area (Å²) >= 11 is 7.61. The van der Waals surface area contributed by atoms with Crippen LogP contribution in [0, 0.1) is 10.1 Å². The minimum absolute atomic E-state index is 0.00473. The molecule has 0 spiro atoms. The van der Waals surface area contributed by atoms with Gasteiger partial charge in [0.2, 0.25) is 0 Å². The van der Waals surface area contributed by atoms with E-state index in [0.717, 1.165) is 11.5 Å². The monoisotopic (exact) mass is 300 g/mol. The van der Waals surface area contributed by atoms with E-state index in [4.69, 9.17) is 11.6 Å². The second-order valence-corrected chi connectivity index (χ2v) is 5.87. The topological polar surface area (TPSA) is 63.5 Å². The number of amides is 1. The number of carbonyl (C=O) groups is 1. The van der Waals surface area contributed by atoms with Crippen LogP contribution in [-0.2, 0) is 0 Å². The Morgan fingerprint density at radius 2 is 2.32 bits per heavy atom. The fourth-order valence-corrected chi connectivity index (χ4v) is 3.31. The van der Waals surface area contributed by atoms with Gasteiger partial charge in [0.05, 0.1) is 4.92 Å². The molecule has 1 aromatic rings. The summed E-state index contributed by atoms with van der Waals surface area (Å²) in [5, 5.41) is 11.1. The van der Waals surface area contributed by atoms with Crippen molar-refractivity contribution in [2.45, 2.75) is 13.0 Å². The lowest BCUT2D eigenvalue weighted by Gasteiger charge is -2.33. The Balaban J connectivity index is 2.38. The molecule has 5 nitrogen and oxygen atoms in total. The second kappa shape index (κ2) is 5.79. The molecule has 19 heavy (non-hydrogen) atoms. The molecule has 1 saturated heterocycles. The standard InChI is InChI=1S/C12H13ClN2O3S/c1-8-7-19-6-5-14(8)12(16)9-3-2-4-10(13)11(9)15(17)18/h2-4,8H,5-7H2,1H3. The number of rotatable bonds is 2. The fourth-order valence-electron chi connectivity index (χ4n) is 2.06. The predicted octanol–water partition coefficient (Wildman–Crippen LogP) is 2.83. The van der Waals surface area contributed by atoms with E-state index in [-0.39, 0.29) is 28.2 Å². The summed E-state index contributed by atoms with van der Waals surface area (Å²) in [5.74, 6) is 1.38. The smallest absolute Gasteiger partial charge is 0.300 e. The van der Waals surface area contributed by atoms with Gasteiger partial charge in [0.1, 0.15) is 10.6 Å². The number of nitro groups is 1. The summed E-state index contributed by atoms with van der Waals surface area (Å²) in [6.07, 6.45) is 0. The lowest BCUT2D eigenvalue weighted by molar-refractivity contribution is -0.385. The van der Waals surface area contributed by atoms with Gasteiger partial charge < -0.3 is 4.90 Å². The van der Waals surface area contributed by atoms with E-state index in [1.165, 1.54) is 12.1 Å². The van der Waals surface area contributed by atoms with Crippen LogP contribution >= 0.6 is 23.4 Å². The van der Waals surface area contributed by atoms with Gasteiger partial charge >= 0.3 is 5.69 Å². The number of carbonyl (C=O) groups excluding carboxylic acids is 1. The first-order valence-electron chi connectivity index (χ1n) is 5.84. The van der Waals surface area contributed by atoms with Crippen molar-refractivity contribution in [2.24, 2.45) is 0 Å². The third kappa shape index (κ3) is 2.84. The van der Waals surface area contributed by atoms with Crippen LogP contribution in [0.25, 0.3) is 0 Å². The maximum atomic E-state index is 12.4. The van der Waals surface area contributed by atoms with Crippen LogP contribution in [0.5, 0.6) is 0 Å². The Bertz CT molecular complexity index is 524. The molecule has 1 fully saturated rings. The Labute approximate surface area is 120 Å². The van der Waals surface area contributed by atoms with Crippen molar-refractivity contribution in [1.82, 2.24) is 4.90 Å². The van der Waals surface area contributed by atoms with Crippen LogP contribution in [-0.4, -0.2) is 39.8 Å². The second-order valence-electron chi connectivity index (χ2n) is 4.32. The van der Waals surface area contributed by atoms with Crippen LogP contribution in [0.3, 0.4) is 0 Å². The normalized spacial score (nSPS) is 19.3. The van der Waals surface area contributed by atoms with E-state index in [1.54, 1.807) is 22.7 Å². The number of thioether (sulfide) groups is 1. The van der Waals surface area contributed by atoms with Gasteiger partial charge in [-0.2, -0.15) is 11.8 Å². The van der Waals surface area contributed by atoms with E-state index in [1.807, 2.05) is 6.92 Å². The zero-order chi connectivity index (χ0) is 14.0. The molecule has 1 aliphatic heterocycles. The number of hydrogen-bond donors (Lipinski definition) is 0. The van der Waals surface area contributed by atoms with Crippen LogP contribution in [0.15, 0.2) is 18.2 Å². The molecule has 0 N–H and O–H groups in total. The van der Waals surface area contributed by atoms with Gasteiger partial charge in [0.15, 0.2) is 0 Å². The summed E-state index contributed by atoms with van der Waals surface area (Å²) in [4.78, 5) is 24.6. The highest BCUT2D eigenvalue weighted by molar-refractivity contribution is 7.99. The third-order valence-electron chi connectivity index (χ3n) is 3.03. The lowest BCUT2D eigenvalue weighted by Crippen LogP contribution is -2.44. The minimum Gasteiger partial charge on any atom is -0.334 e. The average Bonchev–Trinajstić information content (AvgIpc) is 2.37. The van der Waals surface area contributed by atoms with E-state index in [9.17, 15) is 14.9 Å². The third-order valence-corrected chi connectivity index (χ3v) is 4.52. The van der Waals surface area contributed by atoms with E-state index in [0.29, 0.717) is 6.54 Å². The Hall–Kier alpha value is -1.27. The molecular formula is C12H13ClN2O3S. The van der Waals surface area contributed by atoms with E-state index in [2.05, 4.69) is 0 Å². The fraction of sp³-hybridized carbons (Fsp3) is 0.417. The van der Waals surface area contributed by atoms with Crippen molar-refractivity contribution < 1.29 is 9.72 Å². The number of para-hydroxylation sites is 1. The summed E-state index contributed by atoms with van der Waals surface area (Å²) in [5.41, 5.74) is -0.240. The first kappa shape index (κ1) is 14.1. The molecule has 7 heteroatoms. The molecule has 1 unspecified atom stereocenters. The molecular weight excluding hydrogens is 288 g/mol. The molecule has 1 atom stereocenters. The SMILES string of the molecule is CC1CSCCN1C(=O)c1cccc(Cl)c1[N+](=O)[O-]. The molecule has 0 aromatic heterocycles. The van der Waals surface area contributed by atoms with Gasteiger partial charge in [0, 0.05) is 24.1 Å². The lowest BCUT2D eigenvalue weighted by atomic mass is 10.1. The molecule has 102 valence electrons. The number of halogens is 1. The Morgan fingerprint density at radius 1 is 1.58 bits per heavy atom. The molecule has 1 aromatic carbocycles. The van der Waals surface area contributed by atoms with Crippen LogP contribution in [0.2, 0.25) is 5.02 Å². The minimum atomic E-state index is -0.598. The average molecular weight is 301 g/mol. The van der Waals surface area contributed by atoms with Crippen LogP contribution in [0.4, 0.5) is 5.69 Å². The predicted molar refractivity (Wildman–Crippen MR) is 75.9 cm³/mol. The molecule has 1 amide bonds. The van der Waals surface area contributed by atoms with E-state index >= 15 is 0 Å². The van der Waals surface area contributed by atoms with Gasteiger partial charge in [-0.1, -0.05) is 17.7 Å². The summed E-state index contributed by atoms with van der Waals surface area (Å²) in [6.45, 7) is 2.55. The maximum Gasteiger partial charge on any atom is 0.300 e. The molecule has 2 rings (SSSR count). The van der Waals surface area contributed by atoms with E-state index < -0.39 is 4.92 Å². The largest absolute Gasteiger partial charge is 0.334 e. The van der Waals surface area contributed by atoms with Crippen molar-refractivity contribution >= 4 is 35.0 Å². The summed E-state index contributed by atoms with van der Waals surface area (Å²) in [6, 6.07) is 4.52. The zero-order valence-corrected chi connectivity index (χ0v) is 11.9. The Kier molecular flexibility index (Phi) is 4.31.